The number of nitrogens with zero attached hydrogens (tertiary/aromatic N) is 2. The van der Waals surface area contributed by atoms with Crippen molar-refractivity contribution in [2.24, 2.45) is 11.3 Å². The van der Waals surface area contributed by atoms with Crippen LogP contribution in [0.2, 0.25) is 0 Å². The molecule has 2 heterocycles. The van der Waals surface area contributed by atoms with Crippen LogP contribution in [0.1, 0.15) is 56.7 Å². The minimum absolute atomic E-state index is 0.0321. The normalized spacial score (nSPS) is 18.6. The van der Waals surface area contributed by atoms with Crippen molar-refractivity contribution in [3.63, 3.8) is 0 Å². The molecule has 0 bridgehead atoms. The highest BCUT2D eigenvalue weighted by Gasteiger charge is 2.47. The summed E-state index contributed by atoms with van der Waals surface area (Å²) in [5.74, 6) is 0.634. The summed E-state index contributed by atoms with van der Waals surface area (Å²) in [5, 5.41) is 3.09. The molecule has 2 aromatic carbocycles. The van der Waals surface area contributed by atoms with Crippen molar-refractivity contribution in [2.45, 2.75) is 52.1 Å². The minimum Gasteiger partial charge on any atom is -0.497 e. The Hall–Kier alpha value is -2.93. The molecule has 4 rings (SSSR count). The van der Waals surface area contributed by atoms with Gasteiger partial charge < -0.3 is 19.9 Å². The van der Waals surface area contributed by atoms with Gasteiger partial charge in [0.15, 0.2) is 0 Å². The average Bonchev–Trinajstić information content (AvgIpc) is 3.17. The third kappa shape index (κ3) is 6.06. The third-order valence-corrected chi connectivity index (χ3v) is 7.77. The number of ether oxygens (including phenoxy) is 1. The number of rotatable bonds is 9. The number of hydrogen-bond acceptors (Lipinski definition) is 4. The first-order valence-electron chi connectivity index (χ1n) is 13.0. The van der Waals surface area contributed by atoms with Gasteiger partial charge in [-0.3, -0.25) is 9.59 Å². The van der Waals surface area contributed by atoms with Crippen LogP contribution in [0.25, 0.3) is 0 Å². The molecule has 2 saturated heterocycles. The number of carbonyl (C=O) groups is 2. The molecule has 0 aromatic heterocycles. The van der Waals surface area contributed by atoms with Crippen molar-refractivity contribution in [1.29, 1.82) is 0 Å². The first-order chi connectivity index (χ1) is 17.3. The van der Waals surface area contributed by atoms with E-state index in [2.05, 4.69) is 10.2 Å². The van der Waals surface area contributed by atoms with E-state index in [-0.39, 0.29) is 35.0 Å². The lowest BCUT2D eigenvalue weighted by Gasteiger charge is -2.38. The number of benzene rings is 2. The summed E-state index contributed by atoms with van der Waals surface area (Å²) in [5.41, 5.74) is 1.65. The molecule has 0 aliphatic carbocycles. The second-order valence-electron chi connectivity index (χ2n) is 10.5. The smallest absolute Gasteiger partial charge is 0.229 e. The highest BCUT2D eigenvalue weighted by Crippen LogP contribution is 2.42. The molecule has 0 radical (unpaired) electrons. The standard InChI is InChI=1S/C29H38FN3O3/c1-21(2)27(34)31-26(23-5-4-6-24(30)19-23)11-15-32-16-12-29(13-17-32)14-18-33(28(29)35)20-22-7-9-25(36-3)10-8-22/h4-10,19,21,26H,11-18,20H2,1-3H3,(H,31,34)/t26-/m0/s1. The molecule has 2 aliphatic heterocycles. The first-order valence-corrected chi connectivity index (χ1v) is 13.0. The highest BCUT2D eigenvalue weighted by atomic mass is 19.1. The van der Waals surface area contributed by atoms with Crippen LogP contribution in [-0.4, -0.2) is 54.9 Å². The van der Waals surface area contributed by atoms with Crippen molar-refractivity contribution < 1.29 is 18.7 Å². The van der Waals surface area contributed by atoms with Crippen LogP contribution >= 0.6 is 0 Å². The van der Waals surface area contributed by atoms with E-state index in [4.69, 9.17) is 4.74 Å². The van der Waals surface area contributed by atoms with Gasteiger partial charge in [-0.05, 0) is 74.2 Å². The average molecular weight is 496 g/mol. The summed E-state index contributed by atoms with van der Waals surface area (Å²) >= 11 is 0. The lowest BCUT2D eigenvalue weighted by atomic mass is 9.77. The lowest BCUT2D eigenvalue weighted by molar-refractivity contribution is -0.139. The zero-order valence-electron chi connectivity index (χ0n) is 21.6. The molecule has 1 atom stereocenters. The topological polar surface area (TPSA) is 61.9 Å². The monoisotopic (exact) mass is 495 g/mol. The molecule has 2 aromatic rings. The summed E-state index contributed by atoms with van der Waals surface area (Å²) in [6.45, 7) is 7.66. The zero-order chi connectivity index (χ0) is 25.7. The SMILES string of the molecule is COc1ccc(CN2CCC3(CCN(CC[C@H](NC(=O)C(C)C)c4cccc(F)c4)CC3)C2=O)cc1. The summed E-state index contributed by atoms with van der Waals surface area (Å²) in [6, 6.07) is 14.2. The first kappa shape index (κ1) is 26.1. The number of halogens is 1. The molecule has 1 spiro atoms. The Balaban J connectivity index is 1.32. The van der Waals surface area contributed by atoms with Gasteiger partial charge >= 0.3 is 0 Å². The number of likely N-dealkylation sites (tertiary alicyclic amines) is 2. The van der Waals surface area contributed by atoms with Gasteiger partial charge in [0.2, 0.25) is 11.8 Å². The van der Waals surface area contributed by atoms with Crippen molar-refractivity contribution in [3.05, 3.63) is 65.5 Å². The predicted molar refractivity (Wildman–Crippen MR) is 138 cm³/mol. The Kier molecular flexibility index (Phi) is 8.29. The van der Waals surface area contributed by atoms with Crippen LogP contribution < -0.4 is 10.1 Å². The fraction of sp³-hybridized carbons (Fsp3) is 0.517. The second kappa shape index (κ2) is 11.4. The van der Waals surface area contributed by atoms with Gasteiger partial charge in [-0.15, -0.1) is 0 Å². The van der Waals surface area contributed by atoms with Crippen LogP contribution in [0.5, 0.6) is 5.75 Å². The van der Waals surface area contributed by atoms with E-state index in [9.17, 15) is 14.0 Å². The highest BCUT2D eigenvalue weighted by molar-refractivity contribution is 5.85. The Morgan fingerprint density at radius 3 is 2.42 bits per heavy atom. The molecule has 0 saturated carbocycles. The van der Waals surface area contributed by atoms with E-state index >= 15 is 0 Å². The van der Waals surface area contributed by atoms with E-state index in [1.165, 1.54) is 12.1 Å². The van der Waals surface area contributed by atoms with E-state index in [1.807, 2.05) is 49.1 Å². The number of methoxy groups -OCH3 is 1. The molecular weight excluding hydrogens is 457 g/mol. The van der Waals surface area contributed by atoms with E-state index in [0.717, 1.165) is 62.3 Å². The van der Waals surface area contributed by atoms with Crippen molar-refractivity contribution in [1.82, 2.24) is 15.1 Å². The van der Waals surface area contributed by atoms with Crippen LogP contribution in [0, 0.1) is 17.2 Å². The molecular formula is C29H38FN3O3. The largest absolute Gasteiger partial charge is 0.497 e. The molecule has 1 N–H and O–H groups in total. The molecule has 194 valence electrons. The maximum absolute atomic E-state index is 13.9. The maximum Gasteiger partial charge on any atom is 0.229 e. The number of amides is 2. The van der Waals surface area contributed by atoms with Crippen LogP contribution in [0.15, 0.2) is 48.5 Å². The van der Waals surface area contributed by atoms with Gasteiger partial charge in [-0.2, -0.15) is 0 Å². The van der Waals surface area contributed by atoms with E-state index in [0.29, 0.717) is 13.0 Å². The molecule has 36 heavy (non-hydrogen) atoms. The number of nitrogens with one attached hydrogen (secondary N) is 1. The van der Waals surface area contributed by atoms with Crippen LogP contribution in [0.3, 0.4) is 0 Å². The third-order valence-electron chi connectivity index (χ3n) is 7.77. The molecule has 0 unspecified atom stereocenters. The predicted octanol–water partition coefficient (Wildman–Crippen LogP) is 4.55. The molecule has 2 aliphatic rings. The number of hydrogen-bond donors (Lipinski definition) is 1. The van der Waals surface area contributed by atoms with Crippen LogP contribution in [-0.2, 0) is 16.1 Å². The molecule has 7 heteroatoms. The van der Waals surface area contributed by atoms with Crippen molar-refractivity contribution >= 4 is 11.8 Å². The zero-order valence-corrected chi connectivity index (χ0v) is 21.6. The minimum atomic E-state index is -0.296. The Bertz CT molecular complexity index is 1050. The summed E-state index contributed by atoms with van der Waals surface area (Å²) in [4.78, 5) is 30.2. The fourth-order valence-corrected chi connectivity index (χ4v) is 5.36. The summed E-state index contributed by atoms with van der Waals surface area (Å²) in [7, 11) is 1.65. The lowest BCUT2D eigenvalue weighted by Crippen LogP contribution is -2.45. The van der Waals surface area contributed by atoms with Gasteiger partial charge in [-0.25, -0.2) is 4.39 Å². The molecule has 6 nitrogen and oxygen atoms in total. The Morgan fingerprint density at radius 2 is 1.78 bits per heavy atom. The Labute approximate surface area is 213 Å². The van der Waals surface area contributed by atoms with E-state index < -0.39 is 0 Å². The maximum atomic E-state index is 13.9. The van der Waals surface area contributed by atoms with Gasteiger partial charge in [0.05, 0.1) is 18.6 Å². The summed E-state index contributed by atoms with van der Waals surface area (Å²) in [6.07, 6.45) is 3.32. The quantitative estimate of drug-likeness (QED) is 0.554. The van der Waals surface area contributed by atoms with E-state index in [1.54, 1.807) is 13.2 Å². The number of carbonyl (C=O) groups excluding carboxylic acids is 2. The molecule has 2 fully saturated rings. The van der Waals surface area contributed by atoms with Gasteiger partial charge in [-0.1, -0.05) is 38.1 Å². The van der Waals surface area contributed by atoms with Crippen molar-refractivity contribution in [2.75, 3.05) is 33.3 Å². The van der Waals surface area contributed by atoms with Gasteiger partial charge in [0.25, 0.3) is 0 Å². The summed E-state index contributed by atoms with van der Waals surface area (Å²) < 4.78 is 19.1. The number of piperidine rings is 1. The van der Waals surface area contributed by atoms with Crippen LogP contribution in [0.4, 0.5) is 4.39 Å². The van der Waals surface area contributed by atoms with Crippen molar-refractivity contribution in [3.8, 4) is 5.75 Å². The molecule has 2 amide bonds. The van der Waals surface area contributed by atoms with Gasteiger partial charge in [0, 0.05) is 25.6 Å². The van der Waals surface area contributed by atoms with Gasteiger partial charge in [0.1, 0.15) is 11.6 Å². The Morgan fingerprint density at radius 1 is 1.08 bits per heavy atom. The second-order valence-corrected chi connectivity index (χ2v) is 10.5. The fourth-order valence-electron chi connectivity index (χ4n) is 5.36.